The van der Waals surface area contributed by atoms with Crippen molar-refractivity contribution in [3.63, 3.8) is 0 Å². The Morgan fingerprint density at radius 2 is 2.12 bits per heavy atom. The first-order valence-electron chi connectivity index (χ1n) is 6.35. The summed E-state index contributed by atoms with van der Waals surface area (Å²) in [7, 11) is 0. The zero-order valence-corrected chi connectivity index (χ0v) is 11.1. The fraction of sp³-hybridized carbons (Fsp3) is 0.533. The molecule has 0 heterocycles. The van der Waals surface area contributed by atoms with Crippen LogP contribution in [0.5, 0.6) is 0 Å². The van der Waals surface area contributed by atoms with E-state index in [-0.39, 0.29) is 12.0 Å². The molecular formula is C15H21NO. The molecule has 0 aliphatic heterocycles. The molecule has 1 aliphatic rings. The van der Waals surface area contributed by atoms with Crippen LogP contribution in [-0.2, 0) is 6.42 Å². The minimum atomic E-state index is -0.226. The molecule has 0 fully saturated rings. The summed E-state index contributed by atoms with van der Waals surface area (Å²) in [5.41, 5.74) is 4.69. The van der Waals surface area contributed by atoms with Crippen LogP contribution in [0, 0.1) is 5.92 Å². The lowest BCUT2D eigenvalue weighted by Gasteiger charge is -2.09. The molecule has 2 rings (SSSR count). The van der Waals surface area contributed by atoms with Crippen LogP contribution >= 0.6 is 0 Å². The highest BCUT2D eigenvalue weighted by Crippen LogP contribution is 2.35. The Hall–Kier alpha value is -1.15. The molecule has 0 amide bonds. The van der Waals surface area contributed by atoms with E-state index in [1.807, 2.05) is 0 Å². The molecule has 0 saturated carbocycles. The average Bonchev–Trinajstić information content (AvgIpc) is 2.55. The second kappa shape index (κ2) is 4.61. The van der Waals surface area contributed by atoms with Crippen molar-refractivity contribution in [3.05, 3.63) is 29.3 Å². The first-order chi connectivity index (χ1) is 7.99. The van der Waals surface area contributed by atoms with Crippen molar-refractivity contribution in [1.29, 1.82) is 0 Å². The summed E-state index contributed by atoms with van der Waals surface area (Å²) in [6.45, 7) is 8.45. The topological polar surface area (TPSA) is 32.6 Å². The summed E-state index contributed by atoms with van der Waals surface area (Å²) in [6, 6.07) is 6.28. The SMILES string of the molecule is CC(=Nc1ccc2c(c1)[C@@H](C)C(O)C2)C(C)C. The highest BCUT2D eigenvalue weighted by molar-refractivity contribution is 5.86. The predicted molar refractivity (Wildman–Crippen MR) is 72.2 cm³/mol. The lowest BCUT2D eigenvalue weighted by molar-refractivity contribution is 0.163. The molecule has 0 aromatic heterocycles. The highest BCUT2D eigenvalue weighted by Gasteiger charge is 2.27. The molecule has 2 nitrogen and oxygen atoms in total. The van der Waals surface area contributed by atoms with E-state index in [9.17, 15) is 5.11 Å². The lowest BCUT2D eigenvalue weighted by Crippen LogP contribution is -2.09. The smallest absolute Gasteiger partial charge is 0.0646 e. The fourth-order valence-electron chi connectivity index (χ4n) is 2.20. The van der Waals surface area contributed by atoms with E-state index < -0.39 is 0 Å². The van der Waals surface area contributed by atoms with E-state index in [0.717, 1.165) is 17.8 Å². The summed E-state index contributed by atoms with van der Waals surface area (Å²) in [5, 5.41) is 9.84. The largest absolute Gasteiger partial charge is 0.392 e. The Morgan fingerprint density at radius 3 is 2.76 bits per heavy atom. The molecule has 2 heteroatoms. The summed E-state index contributed by atoms with van der Waals surface area (Å²) in [4.78, 5) is 4.63. The van der Waals surface area contributed by atoms with Crippen LogP contribution in [0.4, 0.5) is 5.69 Å². The maximum atomic E-state index is 9.84. The van der Waals surface area contributed by atoms with Gasteiger partial charge in [0.25, 0.3) is 0 Å². The van der Waals surface area contributed by atoms with Gasteiger partial charge in [-0.05, 0) is 42.5 Å². The summed E-state index contributed by atoms with van der Waals surface area (Å²) < 4.78 is 0. The number of rotatable bonds is 2. The number of aliphatic hydroxyl groups is 1. The Morgan fingerprint density at radius 1 is 1.41 bits per heavy atom. The Bertz CT molecular complexity index is 448. The summed E-state index contributed by atoms with van der Waals surface area (Å²) in [5.74, 6) is 0.714. The molecule has 1 N–H and O–H groups in total. The number of benzene rings is 1. The first-order valence-corrected chi connectivity index (χ1v) is 6.35. The molecule has 17 heavy (non-hydrogen) atoms. The lowest BCUT2D eigenvalue weighted by atomic mass is 10.0. The Balaban J connectivity index is 2.33. The maximum Gasteiger partial charge on any atom is 0.0646 e. The van der Waals surface area contributed by atoms with Gasteiger partial charge in [0.15, 0.2) is 0 Å². The zero-order valence-electron chi connectivity index (χ0n) is 11.1. The molecule has 0 radical (unpaired) electrons. The van der Waals surface area contributed by atoms with E-state index in [1.54, 1.807) is 0 Å². The Labute approximate surface area is 103 Å². The molecule has 0 saturated heterocycles. The molecule has 2 atom stereocenters. The van der Waals surface area contributed by atoms with Crippen molar-refractivity contribution >= 4 is 11.4 Å². The van der Waals surface area contributed by atoms with Crippen molar-refractivity contribution < 1.29 is 5.11 Å². The summed E-state index contributed by atoms with van der Waals surface area (Å²) >= 11 is 0. The minimum absolute atomic E-state index is 0.226. The van der Waals surface area contributed by atoms with Crippen LogP contribution in [0.15, 0.2) is 23.2 Å². The monoisotopic (exact) mass is 231 g/mol. The van der Waals surface area contributed by atoms with Gasteiger partial charge in [0.05, 0.1) is 11.8 Å². The van der Waals surface area contributed by atoms with Gasteiger partial charge in [0.1, 0.15) is 0 Å². The van der Waals surface area contributed by atoms with Crippen molar-refractivity contribution in [2.24, 2.45) is 10.9 Å². The van der Waals surface area contributed by atoms with Gasteiger partial charge in [0.2, 0.25) is 0 Å². The second-order valence-corrected chi connectivity index (χ2v) is 5.35. The third kappa shape index (κ3) is 2.42. The van der Waals surface area contributed by atoms with E-state index in [1.165, 1.54) is 11.1 Å². The molecule has 1 aromatic rings. The van der Waals surface area contributed by atoms with Crippen molar-refractivity contribution in [1.82, 2.24) is 0 Å². The van der Waals surface area contributed by atoms with Crippen LogP contribution in [0.3, 0.4) is 0 Å². The van der Waals surface area contributed by atoms with Gasteiger partial charge < -0.3 is 5.11 Å². The number of hydrogen-bond acceptors (Lipinski definition) is 2. The van der Waals surface area contributed by atoms with Gasteiger partial charge in [-0.2, -0.15) is 0 Å². The average molecular weight is 231 g/mol. The van der Waals surface area contributed by atoms with E-state index in [2.05, 4.69) is 50.9 Å². The second-order valence-electron chi connectivity index (χ2n) is 5.35. The normalized spacial score (nSPS) is 24.2. The van der Waals surface area contributed by atoms with Gasteiger partial charge in [-0.25, -0.2) is 0 Å². The quantitative estimate of drug-likeness (QED) is 0.777. The molecule has 1 aliphatic carbocycles. The molecular weight excluding hydrogens is 210 g/mol. The number of hydrogen-bond donors (Lipinski definition) is 1. The highest BCUT2D eigenvalue weighted by atomic mass is 16.3. The molecule has 1 unspecified atom stereocenters. The van der Waals surface area contributed by atoms with Crippen molar-refractivity contribution in [2.75, 3.05) is 0 Å². The van der Waals surface area contributed by atoms with Crippen LogP contribution < -0.4 is 0 Å². The zero-order chi connectivity index (χ0) is 12.6. The number of nitrogens with zero attached hydrogens (tertiary/aromatic N) is 1. The van der Waals surface area contributed by atoms with Crippen molar-refractivity contribution in [2.45, 2.75) is 46.1 Å². The van der Waals surface area contributed by atoms with Crippen molar-refractivity contribution in [3.8, 4) is 0 Å². The standard InChI is InChI=1S/C15H21NO/c1-9(2)11(4)16-13-6-5-12-7-15(17)10(3)14(12)8-13/h5-6,8-10,15,17H,7H2,1-4H3/t10-,15?/m1/s1. The number of fused-ring (bicyclic) bond motifs is 1. The third-order valence-electron chi connectivity index (χ3n) is 3.77. The van der Waals surface area contributed by atoms with Gasteiger partial charge in [-0.15, -0.1) is 0 Å². The van der Waals surface area contributed by atoms with Crippen LogP contribution in [0.1, 0.15) is 44.7 Å². The van der Waals surface area contributed by atoms with Crippen LogP contribution in [-0.4, -0.2) is 16.9 Å². The summed E-state index contributed by atoms with van der Waals surface area (Å²) in [6.07, 6.45) is 0.555. The minimum Gasteiger partial charge on any atom is -0.392 e. The Kier molecular flexibility index (Phi) is 3.34. The van der Waals surface area contributed by atoms with Crippen LogP contribution in [0.2, 0.25) is 0 Å². The van der Waals surface area contributed by atoms with Gasteiger partial charge in [0, 0.05) is 11.6 Å². The van der Waals surface area contributed by atoms with Gasteiger partial charge >= 0.3 is 0 Å². The third-order valence-corrected chi connectivity index (χ3v) is 3.77. The number of aliphatic imine (C=N–C) groups is 1. The van der Waals surface area contributed by atoms with E-state index in [0.29, 0.717) is 5.92 Å². The molecule has 92 valence electrons. The van der Waals surface area contributed by atoms with E-state index in [4.69, 9.17) is 0 Å². The molecule has 0 bridgehead atoms. The fourth-order valence-corrected chi connectivity index (χ4v) is 2.20. The molecule has 1 aromatic carbocycles. The first kappa shape index (κ1) is 12.3. The van der Waals surface area contributed by atoms with E-state index >= 15 is 0 Å². The van der Waals surface area contributed by atoms with Crippen LogP contribution in [0.25, 0.3) is 0 Å². The van der Waals surface area contributed by atoms with Gasteiger partial charge in [-0.1, -0.05) is 26.8 Å². The maximum absolute atomic E-state index is 9.84. The van der Waals surface area contributed by atoms with Gasteiger partial charge in [-0.3, -0.25) is 4.99 Å². The predicted octanol–water partition coefficient (Wildman–Crippen LogP) is 3.46. The number of aliphatic hydroxyl groups excluding tert-OH is 1. The molecule has 0 spiro atoms.